The average molecular weight is 282 g/mol. The van der Waals surface area contributed by atoms with Crippen molar-refractivity contribution in [2.45, 2.75) is 59.7 Å². The summed E-state index contributed by atoms with van der Waals surface area (Å²) < 4.78 is 0. The molecule has 110 valence electrons. The molecule has 1 aromatic rings. The Morgan fingerprint density at radius 1 is 1.32 bits per heavy atom. The van der Waals surface area contributed by atoms with Crippen molar-refractivity contribution >= 4 is 11.3 Å². The first kappa shape index (κ1) is 16.7. The lowest BCUT2D eigenvalue weighted by Crippen LogP contribution is -2.49. The van der Waals surface area contributed by atoms with E-state index in [1.54, 1.807) is 0 Å². The standard InChI is InChI=1S/C16H30N2S/c1-7-18(12-14-9-8-10-19-14)15(13(2)3)11-17-16(4,5)6/h8-10,13,15,17H,7,11-12H2,1-6H3. The predicted molar refractivity (Wildman–Crippen MR) is 86.8 cm³/mol. The summed E-state index contributed by atoms with van der Waals surface area (Å²) in [7, 11) is 0. The van der Waals surface area contributed by atoms with Crippen LogP contribution >= 0.6 is 11.3 Å². The molecule has 1 rings (SSSR count). The number of hydrogen-bond donors (Lipinski definition) is 1. The molecule has 2 nitrogen and oxygen atoms in total. The van der Waals surface area contributed by atoms with Gasteiger partial charge in [-0.15, -0.1) is 11.3 Å². The minimum atomic E-state index is 0.190. The Morgan fingerprint density at radius 2 is 2.00 bits per heavy atom. The van der Waals surface area contributed by atoms with Crippen molar-refractivity contribution in [1.29, 1.82) is 0 Å². The van der Waals surface area contributed by atoms with Crippen LogP contribution < -0.4 is 5.32 Å². The molecule has 1 unspecified atom stereocenters. The van der Waals surface area contributed by atoms with Gasteiger partial charge in [-0.25, -0.2) is 0 Å². The van der Waals surface area contributed by atoms with Crippen molar-refractivity contribution < 1.29 is 0 Å². The second kappa shape index (κ2) is 7.41. The SMILES string of the molecule is CCN(Cc1cccs1)C(CNC(C)(C)C)C(C)C. The minimum Gasteiger partial charge on any atom is -0.311 e. The van der Waals surface area contributed by atoms with E-state index in [2.05, 4.69) is 69.3 Å². The van der Waals surface area contributed by atoms with Crippen molar-refractivity contribution in [1.82, 2.24) is 10.2 Å². The molecule has 0 radical (unpaired) electrons. The Labute approximate surface area is 123 Å². The fraction of sp³-hybridized carbons (Fsp3) is 0.750. The van der Waals surface area contributed by atoms with E-state index in [1.807, 2.05) is 11.3 Å². The van der Waals surface area contributed by atoms with Crippen LogP contribution in [0.25, 0.3) is 0 Å². The van der Waals surface area contributed by atoms with Crippen LogP contribution in [-0.4, -0.2) is 29.6 Å². The first-order valence-corrected chi connectivity index (χ1v) is 8.23. The number of hydrogen-bond acceptors (Lipinski definition) is 3. The molecule has 0 aliphatic rings. The Hall–Kier alpha value is -0.380. The second-order valence-corrected chi connectivity index (χ2v) is 7.62. The summed E-state index contributed by atoms with van der Waals surface area (Å²) in [6.07, 6.45) is 0. The molecule has 0 saturated heterocycles. The van der Waals surface area contributed by atoms with Crippen LogP contribution in [-0.2, 0) is 6.54 Å². The highest BCUT2D eigenvalue weighted by molar-refractivity contribution is 7.09. The third-order valence-corrected chi connectivity index (χ3v) is 4.29. The maximum Gasteiger partial charge on any atom is 0.0331 e. The van der Waals surface area contributed by atoms with Crippen molar-refractivity contribution in [3.05, 3.63) is 22.4 Å². The molecule has 3 heteroatoms. The molecule has 1 N–H and O–H groups in total. The van der Waals surface area contributed by atoms with Gasteiger partial charge in [0.05, 0.1) is 0 Å². The molecular weight excluding hydrogens is 252 g/mol. The number of nitrogens with one attached hydrogen (secondary N) is 1. The molecule has 0 aliphatic heterocycles. The van der Waals surface area contributed by atoms with Crippen LogP contribution in [0.1, 0.15) is 46.4 Å². The molecule has 0 spiro atoms. The van der Waals surface area contributed by atoms with Gasteiger partial charge in [-0.05, 0) is 44.7 Å². The maximum atomic E-state index is 3.66. The van der Waals surface area contributed by atoms with Gasteiger partial charge < -0.3 is 5.32 Å². The summed E-state index contributed by atoms with van der Waals surface area (Å²) in [5, 5.41) is 5.83. The smallest absolute Gasteiger partial charge is 0.0331 e. The molecular formula is C16H30N2S. The van der Waals surface area contributed by atoms with E-state index < -0.39 is 0 Å². The predicted octanol–water partition coefficient (Wildman–Crippen LogP) is 3.98. The van der Waals surface area contributed by atoms with E-state index in [4.69, 9.17) is 0 Å². The second-order valence-electron chi connectivity index (χ2n) is 6.58. The monoisotopic (exact) mass is 282 g/mol. The number of rotatable bonds is 7. The highest BCUT2D eigenvalue weighted by Crippen LogP contribution is 2.18. The van der Waals surface area contributed by atoms with Gasteiger partial charge in [0.25, 0.3) is 0 Å². The summed E-state index contributed by atoms with van der Waals surface area (Å²) >= 11 is 1.86. The summed E-state index contributed by atoms with van der Waals surface area (Å²) in [5.41, 5.74) is 0.190. The molecule has 1 atom stereocenters. The third kappa shape index (κ3) is 6.07. The van der Waals surface area contributed by atoms with E-state index in [1.165, 1.54) is 4.88 Å². The topological polar surface area (TPSA) is 15.3 Å². The lowest BCUT2D eigenvalue weighted by molar-refractivity contribution is 0.144. The number of nitrogens with zero attached hydrogens (tertiary/aromatic N) is 1. The van der Waals surface area contributed by atoms with Crippen molar-refractivity contribution in [2.75, 3.05) is 13.1 Å². The molecule has 0 fully saturated rings. The molecule has 1 aromatic heterocycles. The van der Waals surface area contributed by atoms with E-state index in [-0.39, 0.29) is 5.54 Å². The molecule has 0 aliphatic carbocycles. The lowest BCUT2D eigenvalue weighted by Gasteiger charge is -2.36. The maximum absolute atomic E-state index is 3.66. The summed E-state index contributed by atoms with van der Waals surface area (Å²) in [6, 6.07) is 4.97. The fourth-order valence-electron chi connectivity index (χ4n) is 2.26. The van der Waals surface area contributed by atoms with E-state index in [0.29, 0.717) is 12.0 Å². The van der Waals surface area contributed by atoms with Gasteiger partial charge in [-0.1, -0.05) is 26.8 Å². The van der Waals surface area contributed by atoms with E-state index in [9.17, 15) is 0 Å². The number of thiophene rings is 1. The Morgan fingerprint density at radius 3 is 2.42 bits per heavy atom. The van der Waals surface area contributed by atoms with Crippen LogP contribution in [0.4, 0.5) is 0 Å². The van der Waals surface area contributed by atoms with Crippen LogP contribution in [0.5, 0.6) is 0 Å². The summed E-state index contributed by atoms with van der Waals surface area (Å²) in [6.45, 7) is 16.9. The van der Waals surface area contributed by atoms with Gasteiger partial charge in [-0.2, -0.15) is 0 Å². The molecule has 0 saturated carbocycles. The van der Waals surface area contributed by atoms with Crippen LogP contribution in [0, 0.1) is 5.92 Å². The van der Waals surface area contributed by atoms with Gasteiger partial charge >= 0.3 is 0 Å². The minimum absolute atomic E-state index is 0.190. The van der Waals surface area contributed by atoms with Gasteiger partial charge in [0.2, 0.25) is 0 Å². The van der Waals surface area contributed by atoms with Crippen LogP contribution in [0.15, 0.2) is 17.5 Å². The van der Waals surface area contributed by atoms with E-state index in [0.717, 1.165) is 19.6 Å². The average Bonchev–Trinajstić information content (AvgIpc) is 2.78. The third-order valence-electron chi connectivity index (χ3n) is 3.43. The molecule has 0 bridgehead atoms. The summed E-state index contributed by atoms with van der Waals surface area (Å²) in [5.74, 6) is 0.662. The van der Waals surface area contributed by atoms with Gasteiger partial charge in [-0.3, -0.25) is 4.90 Å². The van der Waals surface area contributed by atoms with E-state index >= 15 is 0 Å². The first-order valence-electron chi connectivity index (χ1n) is 7.35. The zero-order valence-electron chi connectivity index (χ0n) is 13.4. The molecule has 0 amide bonds. The zero-order chi connectivity index (χ0) is 14.5. The largest absolute Gasteiger partial charge is 0.311 e. The van der Waals surface area contributed by atoms with Gasteiger partial charge in [0, 0.05) is 29.5 Å². The van der Waals surface area contributed by atoms with Crippen molar-refractivity contribution in [3.8, 4) is 0 Å². The van der Waals surface area contributed by atoms with Crippen LogP contribution in [0.2, 0.25) is 0 Å². The Kier molecular flexibility index (Phi) is 6.51. The van der Waals surface area contributed by atoms with Crippen molar-refractivity contribution in [3.63, 3.8) is 0 Å². The first-order chi connectivity index (χ1) is 8.83. The summed E-state index contributed by atoms with van der Waals surface area (Å²) in [4.78, 5) is 4.05. The zero-order valence-corrected chi connectivity index (χ0v) is 14.2. The normalized spacial score (nSPS) is 14.3. The molecule has 19 heavy (non-hydrogen) atoms. The Balaban J connectivity index is 2.66. The highest BCUT2D eigenvalue weighted by Gasteiger charge is 2.22. The molecule has 1 heterocycles. The highest BCUT2D eigenvalue weighted by atomic mass is 32.1. The fourth-order valence-corrected chi connectivity index (χ4v) is 2.99. The van der Waals surface area contributed by atoms with Crippen LogP contribution in [0.3, 0.4) is 0 Å². The van der Waals surface area contributed by atoms with Gasteiger partial charge in [0.1, 0.15) is 0 Å². The number of likely N-dealkylation sites (N-methyl/N-ethyl adjacent to an activating group) is 1. The quantitative estimate of drug-likeness (QED) is 0.813. The lowest BCUT2D eigenvalue weighted by atomic mass is 10.00. The Bertz CT molecular complexity index is 338. The van der Waals surface area contributed by atoms with Gasteiger partial charge in [0.15, 0.2) is 0 Å². The van der Waals surface area contributed by atoms with Crippen molar-refractivity contribution in [2.24, 2.45) is 5.92 Å². The molecule has 0 aromatic carbocycles.